The number of likely N-dealkylation sites (tertiary alicyclic amines) is 1. The zero-order valence-electron chi connectivity index (χ0n) is 20.8. The molecule has 1 amide bonds. The van der Waals surface area contributed by atoms with E-state index in [2.05, 4.69) is 20.2 Å². The van der Waals surface area contributed by atoms with Crippen LogP contribution in [0, 0.1) is 17.2 Å². The average molecular weight is 475 g/mol. The van der Waals surface area contributed by atoms with Gasteiger partial charge in [0, 0.05) is 37.4 Å². The van der Waals surface area contributed by atoms with Crippen molar-refractivity contribution in [1.29, 1.82) is 5.26 Å². The maximum atomic E-state index is 13.8. The highest BCUT2D eigenvalue weighted by Gasteiger charge is 2.49. The van der Waals surface area contributed by atoms with E-state index in [9.17, 15) is 14.7 Å². The van der Waals surface area contributed by atoms with Crippen molar-refractivity contribution in [3.05, 3.63) is 71.3 Å². The van der Waals surface area contributed by atoms with Crippen molar-refractivity contribution >= 4 is 11.7 Å². The van der Waals surface area contributed by atoms with Gasteiger partial charge in [0.05, 0.1) is 31.8 Å². The number of amides is 1. The quantitative estimate of drug-likeness (QED) is 0.488. The molecule has 2 aromatic rings. The highest BCUT2D eigenvalue weighted by Crippen LogP contribution is 2.42. The van der Waals surface area contributed by atoms with Gasteiger partial charge in [-0.25, -0.2) is 0 Å². The Morgan fingerprint density at radius 2 is 1.69 bits per heavy atom. The number of Topliss-reactive ketones (excluding diaryl/α,β-unsaturated/α-hetero) is 1. The Morgan fingerprint density at radius 1 is 1.03 bits per heavy atom. The van der Waals surface area contributed by atoms with Crippen LogP contribution < -0.4 is 0 Å². The first-order chi connectivity index (χ1) is 16.8. The average Bonchev–Trinajstić information content (AvgIpc) is 3.44. The number of quaternary nitrogens is 1. The van der Waals surface area contributed by atoms with Crippen LogP contribution in [0.1, 0.15) is 60.0 Å². The second-order valence-corrected chi connectivity index (χ2v) is 10.7. The molecule has 1 saturated heterocycles. The van der Waals surface area contributed by atoms with Gasteiger partial charge in [0.25, 0.3) is 5.91 Å². The zero-order valence-corrected chi connectivity index (χ0v) is 20.8. The van der Waals surface area contributed by atoms with Gasteiger partial charge in [-0.3, -0.25) is 9.59 Å². The molecular weight excluding hydrogens is 438 g/mol. The van der Waals surface area contributed by atoms with Gasteiger partial charge in [-0.2, -0.15) is 5.26 Å². The summed E-state index contributed by atoms with van der Waals surface area (Å²) in [4.78, 5) is 28.6. The molecule has 184 valence electrons. The van der Waals surface area contributed by atoms with Crippen LogP contribution in [0.25, 0.3) is 0 Å². The molecule has 0 spiro atoms. The first-order valence-electron chi connectivity index (χ1n) is 12.7. The number of hydrogen-bond donors (Lipinski definition) is 1. The first-order valence-corrected chi connectivity index (χ1v) is 12.7. The molecule has 1 aliphatic carbocycles. The van der Waals surface area contributed by atoms with Crippen molar-refractivity contribution in [3.8, 4) is 6.07 Å². The number of nitrogens with zero attached hydrogens (tertiary/aromatic N) is 3. The lowest BCUT2D eigenvalue weighted by atomic mass is 9.78. The maximum Gasteiger partial charge on any atom is 0.259 e. The van der Waals surface area contributed by atoms with Gasteiger partial charge in [-0.15, -0.1) is 0 Å². The van der Waals surface area contributed by atoms with E-state index >= 15 is 0 Å². The van der Waals surface area contributed by atoms with Gasteiger partial charge >= 0.3 is 0 Å². The van der Waals surface area contributed by atoms with Crippen molar-refractivity contribution in [1.82, 2.24) is 4.90 Å². The smallest absolute Gasteiger partial charge is 0.259 e. The lowest BCUT2D eigenvalue weighted by molar-refractivity contribution is -0.908. The van der Waals surface area contributed by atoms with Crippen LogP contribution >= 0.6 is 0 Å². The molecule has 2 fully saturated rings. The monoisotopic (exact) mass is 474 g/mol. The molecule has 0 bridgehead atoms. The van der Waals surface area contributed by atoms with Gasteiger partial charge in [0.15, 0.2) is 5.60 Å². The molecule has 1 N–H and O–H groups in total. The highest BCUT2D eigenvalue weighted by molar-refractivity contribution is 5.97. The summed E-state index contributed by atoms with van der Waals surface area (Å²) in [5, 5.41) is 21.0. The summed E-state index contributed by atoms with van der Waals surface area (Å²) in [6.07, 6.45) is 5.39. The first kappa shape index (κ1) is 25.1. The second-order valence-electron chi connectivity index (χ2n) is 10.7. The van der Waals surface area contributed by atoms with E-state index in [1.54, 1.807) is 24.3 Å². The minimum atomic E-state index is -1.48. The number of carbonyl (C=O) groups excluding carboxylic acids is 2. The summed E-state index contributed by atoms with van der Waals surface area (Å²) < 4.78 is 0.531. The zero-order chi connectivity index (χ0) is 25.1. The van der Waals surface area contributed by atoms with Crippen LogP contribution in [0.3, 0.4) is 0 Å². The van der Waals surface area contributed by atoms with E-state index in [0.717, 1.165) is 38.5 Å². The minimum absolute atomic E-state index is 0.0188. The lowest BCUT2D eigenvalue weighted by Crippen LogP contribution is -2.59. The molecule has 1 saturated carbocycles. The lowest BCUT2D eigenvalue weighted by Gasteiger charge is -2.44. The molecule has 0 radical (unpaired) electrons. The number of ketones is 1. The van der Waals surface area contributed by atoms with Crippen molar-refractivity contribution in [3.63, 3.8) is 0 Å². The molecule has 1 unspecified atom stereocenters. The number of likely N-dealkylation sites (N-methyl/N-ethyl adjacent to an activating group) is 1. The van der Waals surface area contributed by atoms with E-state index in [-0.39, 0.29) is 23.7 Å². The van der Waals surface area contributed by atoms with Crippen LogP contribution in [-0.4, -0.2) is 66.0 Å². The molecule has 35 heavy (non-hydrogen) atoms. The Kier molecular flexibility index (Phi) is 7.39. The third kappa shape index (κ3) is 5.17. The van der Waals surface area contributed by atoms with Crippen molar-refractivity contribution in [2.24, 2.45) is 5.92 Å². The maximum absolute atomic E-state index is 13.8. The number of aliphatic hydroxyl groups is 1. The molecule has 1 aliphatic heterocycles. The number of piperidine rings is 1. The Bertz CT molecular complexity index is 1090. The van der Waals surface area contributed by atoms with Crippen LogP contribution in [0.15, 0.2) is 54.6 Å². The molecular formula is C29H36N3O3+. The largest absolute Gasteiger partial charge is 0.375 e. The number of hydrogen-bond acceptors (Lipinski definition) is 4. The van der Waals surface area contributed by atoms with Crippen LogP contribution in [0.2, 0.25) is 0 Å². The summed E-state index contributed by atoms with van der Waals surface area (Å²) in [5.74, 6) is -0.210. The standard InChI is InChI=1S/C29H36N3O3/c1-32(2,21-27(33)23-10-8-9-22(19-23)20-30)26-15-17-31(18-16-26)28(34)29(35,25-13-6-7-14-25)24-11-4-3-5-12-24/h3-5,8-12,19,25-26,35H,6-7,13-18,21H2,1-2H3/q+1. The molecule has 6 heteroatoms. The fourth-order valence-electron chi connectivity index (χ4n) is 5.93. The summed E-state index contributed by atoms with van der Waals surface area (Å²) in [7, 11) is 4.13. The summed E-state index contributed by atoms with van der Waals surface area (Å²) in [5.41, 5.74) is 0.269. The highest BCUT2D eigenvalue weighted by atomic mass is 16.3. The fraction of sp³-hybridized carbons (Fsp3) is 0.483. The summed E-state index contributed by atoms with van der Waals surface area (Å²) >= 11 is 0. The van der Waals surface area contributed by atoms with E-state index in [1.807, 2.05) is 35.2 Å². The number of rotatable bonds is 7. The van der Waals surface area contributed by atoms with Gasteiger partial charge in [0.1, 0.15) is 6.54 Å². The van der Waals surface area contributed by atoms with E-state index in [1.165, 1.54) is 0 Å². The molecule has 2 aromatic carbocycles. The molecule has 1 heterocycles. The Balaban J connectivity index is 1.43. The summed E-state index contributed by atoms with van der Waals surface area (Å²) in [6.45, 7) is 1.49. The van der Waals surface area contributed by atoms with Crippen LogP contribution in [0.4, 0.5) is 0 Å². The molecule has 4 rings (SSSR count). The molecule has 6 nitrogen and oxygen atoms in total. The third-order valence-electron chi connectivity index (χ3n) is 8.09. The summed E-state index contributed by atoms with van der Waals surface area (Å²) in [6, 6.07) is 18.6. The van der Waals surface area contributed by atoms with Gasteiger partial charge in [0.2, 0.25) is 5.78 Å². The normalized spacial score (nSPS) is 19.2. The number of benzene rings is 2. The van der Waals surface area contributed by atoms with E-state index < -0.39 is 5.60 Å². The third-order valence-corrected chi connectivity index (χ3v) is 8.09. The second kappa shape index (κ2) is 10.3. The Hall–Kier alpha value is -3.01. The SMILES string of the molecule is C[N+](C)(CC(=O)c1cccc(C#N)c1)C1CCN(C(=O)C(O)(c2ccccc2)C2CCCC2)CC1. The van der Waals surface area contributed by atoms with E-state index in [0.29, 0.717) is 40.8 Å². The predicted molar refractivity (Wildman–Crippen MR) is 134 cm³/mol. The Labute approximate surface area is 208 Å². The molecule has 1 atom stereocenters. The van der Waals surface area contributed by atoms with Gasteiger partial charge < -0.3 is 14.5 Å². The van der Waals surface area contributed by atoms with E-state index in [4.69, 9.17) is 5.26 Å². The van der Waals surface area contributed by atoms with Gasteiger partial charge in [-0.05, 0) is 30.5 Å². The van der Waals surface area contributed by atoms with Crippen molar-refractivity contribution in [2.75, 3.05) is 33.7 Å². The number of nitriles is 1. The van der Waals surface area contributed by atoms with Crippen LogP contribution in [0.5, 0.6) is 0 Å². The predicted octanol–water partition coefficient (Wildman–Crippen LogP) is 3.89. The Morgan fingerprint density at radius 3 is 2.31 bits per heavy atom. The van der Waals surface area contributed by atoms with Crippen LogP contribution in [-0.2, 0) is 10.4 Å². The van der Waals surface area contributed by atoms with Gasteiger partial charge in [-0.1, -0.05) is 55.3 Å². The number of carbonyl (C=O) groups is 2. The topological polar surface area (TPSA) is 81.4 Å². The molecule has 0 aromatic heterocycles. The van der Waals surface area contributed by atoms with Crippen molar-refractivity contribution in [2.45, 2.75) is 50.2 Å². The minimum Gasteiger partial charge on any atom is -0.375 e. The molecule has 2 aliphatic rings. The van der Waals surface area contributed by atoms with Crippen molar-refractivity contribution < 1.29 is 19.2 Å². The fourth-order valence-corrected chi connectivity index (χ4v) is 5.93.